The number of halogens is 2. The Morgan fingerprint density at radius 2 is 2.07 bits per heavy atom. The largest absolute Gasteiger partial charge is 0.369 e. The fourth-order valence-electron chi connectivity index (χ4n) is 3.98. The van der Waals surface area contributed by atoms with Crippen LogP contribution in [0.4, 0.5) is 20.5 Å². The molecule has 0 saturated carbocycles. The first-order valence-electron chi connectivity index (χ1n) is 9.67. The van der Waals surface area contributed by atoms with Crippen molar-refractivity contribution in [3.05, 3.63) is 52.3 Å². The minimum Gasteiger partial charge on any atom is -0.369 e. The van der Waals surface area contributed by atoms with E-state index in [1.54, 1.807) is 4.90 Å². The molecule has 2 saturated heterocycles. The number of anilines is 2. The molecule has 0 aliphatic carbocycles. The molecule has 2 aromatic rings. The van der Waals surface area contributed by atoms with Gasteiger partial charge in [0, 0.05) is 25.2 Å². The zero-order chi connectivity index (χ0) is 19.5. The van der Waals surface area contributed by atoms with Crippen LogP contribution in [-0.2, 0) is 11.2 Å². The standard InChI is InChI=1S/C20H24F2N4O2/c21-19(22)16-13-25(9-10-28-16)17-12-18(27)24-20(23-17)26-8-4-7-15(26)11-14-5-2-1-3-6-14/h1-3,5-6,12,15-16,19H,4,7-11,13H2,(H,23,24,27)/t15-,16+/m1/s1. The third-order valence-electron chi connectivity index (χ3n) is 5.38. The molecule has 0 radical (unpaired) electrons. The van der Waals surface area contributed by atoms with Crippen LogP contribution in [-0.4, -0.2) is 54.8 Å². The number of benzene rings is 1. The number of ether oxygens (including phenoxy) is 1. The topological polar surface area (TPSA) is 61.5 Å². The average Bonchev–Trinajstić information content (AvgIpc) is 3.16. The van der Waals surface area contributed by atoms with E-state index in [4.69, 9.17) is 4.74 Å². The molecule has 1 N–H and O–H groups in total. The van der Waals surface area contributed by atoms with Crippen LogP contribution in [0.2, 0.25) is 0 Å². The van der Waals surface area contributed by atoms with E-state index < -0.39 is 12.5 Å². The monoisotopic (exact) mass is 390 g/mol. The predicted molar refractivity (Wildman–Crippen MR) is 103 cm³/mol. The average molecular weight is 390 g/mol. The van der Waals surface area contributed by atoms with Gasteiger partial charge in [-0.2, -0.15) is 4.98 Å². The molecule has 2 aliphatic heterocycles. The van der Waals surface area contributed by atoms with Crippen LogP contribution >= 0.6 is 0 Å². The maximum absolute atomic E-state index is 13.0. The minimum atomic E-state index is -2.56. The molecule has 8 heteroatoms. The lowest BCUT2D eigenvalue weighted by molar-refractivity contribution is -0.0615. The van der Waals surface area contributed by atoms with Gasteiger partial charge in [0.1, 0.15) is 11.9 Å². The van der Waals surface area contributed by atoms with E-state index in [2.05, 4.69) is 27.0 Å². The maximum atomic E-state index is 13.0. The van der Waals surface area contributed by atoms with E-state index in [9.17, 15) is 13.6 Å². The molecule has 0 unspecified atom stereocenters. The van der Waals surface area contributed by atoms with Crippen LogP contribution < -0.4 is 15.4 Å². The van der Waals surface area contributed by atoms with Crippen LogP contribution in [0, 0.1) is 0 Å². The predicted octanol–water partition coefficient (Wildman–Crippen LogP) is 2.45. The van der Waals surface area contributed by atoms with Crippen LogP contribution in [0.1, 0.15) is 18.4 Å². The maximum Gasteiger partial charge on any atom is 0.266 e. The summed E-state index contributed by atoms with van der Waals surface area (Å²) >= 11 is 0. The lowest BCUT2D eigenvalue weighted by Gasteiger charge is -2.34. The minimum absolute atomic E-state index is 0.0288. The van der Waals surface area contributed by atoms with Crippen molar-refractivity contribution >= 4 is 11.8 Å². The van der Waals surface area contributed by atoms with Gasteiger partial charge in [0.25, 0.3) is 12.0 Å². The zero-order valence-corrected chi connectivity index (χ0v) is 15.6. The summed E-state index contributed by atoms with van der Waals surface area (Å²) in [6, 6.07) is 11.9. The van der Waals surface area contributed by atoms with E-state index in [1.807, 2.05) is 18.2 Å². The molecule has 0 amide bonds. The van der Waals surface area contributed by atoms with Gasteiger partial charge >= 0.3 is 0 Å². The summed E-state index contributed by atoms with van der Waals surface area (Å²) in [4.78, 5) is 23.6. The number of nitrogens with one attached hydrogen (secondary N) is 1. The third-order valence-corrected chi connectivity index (χ3v) is 5.38. The molecule has 2 aliphatic rings. The Morgan fingerprint density at radius 1 is 1.25 bits per heavy atom. The number of H-pyrrole nitrogens is 1. The molecular formula is C20H24F2N4O2. The van der Waals surface area contributed by atoms with Gasteiger partial charge in [-0.15, -0.1) is 0 Å². The van der Waals surface area contributed by atoms with Crippen molar-refractivity contribution in [1.82, 2.24) is 9.97 Å². The summed E-state index contributed by atoms with van der Waals surface area (Å²) in [7, 11) is 0. The van der Waals surface area contributed by atoms with E-state index in [0.29, 0.717) is 18.3 Å². The summed E-state index contributed by atoms with van der Waals surface area (Å²) in [5.41, 5.74) is 0.969. The fraction of sp³-hybridized carbons (Fsp3) is 0.500. The summed E-state index contributed by atoms with van der Waals surface area (Å²) in [5, 5.41) is 0. The first kappa shape index (κ1) is 18.9. The molecule has 6 nitrogen and oxygen atoms in total. The number of morpholine rings is 1. The van der Waals surface area contributed by atoms with Crippen molar-refractivity contribution in [2.24, 2.45) is 0 Å². The Labute approximate surface area is 162 Å². The highest BCUT2D eigenvalue weighted by atomic mass is 19.3. The van der Waals surface area contributed by atoms with Crippen molar-refractivity contribution in [2.45, 2.75) is 37.8 Å². The van der Waals surface area contributed by atoms with Gasteiger partial charge in [-0.05, 0) is 24.8 Å². The Kier molecular flexibility index (Phi) is 5.57. The van der Waals surface area contributed by atoms with Gasteiger partial charge in [-0.3, -0.25) is 9.78 Å². The van der Waals surface area contributed by atoms with Crippen molar-refractivity contribution < 1.29 is 13.5 Å². The zero-order valence-electron chi connectivity index (χ0n) is 15.6. The van der Waals surface area contributed by atoms with Crippen molar-refractivity contribution in [1.29, 1.82) is 0 Å². The summed E-state index contributed by atoms with van der Waals surface area (Å²) < 4.78 is 31.2. The van der Waals surface area contributed by atoms with E-state index in [-0.39, 0.29) is 24.8 Å². The number of hydrogen-bond acceptors (Lipinski definition) is 5. The normalized spacial score (nSPS) is 22.8. The third kappa shape index (κ3) is 4.16. The van der Waals surface area contributed by atoms with E-state index in [1.165, 1.54) is 11.6 Å². The van der Waals surface area contributed by atoms with Crippen LogP contribution in [0.15, 0.2) is 41.2 Å². The SMILES string of the molecule is O=c1cc(N2CCO[C@H](C(F)F)C2)nc(N2CCC[C@@H]2Cc2ccccc2)[nH]1. The smallest absolute Gasteiger partial charge is 0.266 e. The second kappa shape index (κ2) is 8.26. The molecule has 0 bridgehead atoms. The highest BCUT2D eigenvalue weighted by molar-refractivity contribution is 5.45. The first-order chi connectivity index (χ1) is 13.6. The fourth-order valence-corrected chi connectivity index (χ4v) is 3.98. The van der Waals surface area contributed by atoms with Gasteiger partial charge in [0.15, 0.2) is 0 Å². The van der Waals surface area contributed by atoms with Crippen molar-refractivity contribution in [3.63, 3.8) is 0 Å². The molecule has 1 aromatic carbocycles. The first-order valence-corrected chi connectivity index (χ1v) is 9.67. The second-order valence-corrected chi connectivity index (χ2v) is 7.30. The molecule has 3 heterocycles. The summed E-state index contributed by atoms with van der Waals surface area (Å²) in [6.07, 6.45) is -0.793. The molecule has 2 atom stereocenters. The van der Waals surface area contributed by atoms with Crippen LogP contribution in [0.3, 0.4) is 0 Å². The molecule has 1 aromatic heterocycles. The molecule has 0 spiro atoms. The summed E-state index contributed by atoms with van der Waals surface area (Å²) in [5.74, 6) is 0.944. The van der Waals surface area contributed by atoms with Gasteiger partial charge < -0.3 is 14.5 Å². The quantitative estimate of drug-likeness (QED) is 0.850. The Morgan fingerprint density at radius 3 is 2.86 bits per heavy atom. The number of hydrogen-bond donors (Lipinski definition) is 1. The van der Waals surface area contributed by atoms with Gasteiger partial charge in [0.2, 0.25) is 5.95 Å². The lowest BCUT2D eigenvalue weighted by atomic mass is 10.0. The molecule has 150 valence electrons. The van der Waals surface area contributed by atoms with E-state index in [0.717, 1.165) is 25.8 Å². The number of rotatable bonds is 5. The van der Waals surface area contributed by atoms with Crippen LogP contribution in [0.5, 0.6) is 0 Å². The molecule has 2 fully saturated rings. The van der Waals surface area contributed by atoms with Crippen LogP contribution in [0.25, 0.3) is 0 Å². The lowest BCUT2D eigenvalue weighted by Crippen LogP contribution is -2.46. The van der Waals surface area contributed by atoms with Gasteiger partial charge in [-0.1, -0.05) is 30.3 Å². The highest BCUT2D eigenvalue weighted by Crippen LogP contribution is 2.26. The number of alkyl halides is 2. The Bertz CT molecular complexity index is 846. The number of nitrogens with zero attached hydrogens (tertiary/aromatic N) is 3. The molecule has 4 rings (SSSR count). The van der Waals surface area contributed by atoms with Gasteiger partial charge in [-0.25, -0.2) is 8.78 Å². The number of aromatic amines is 1. The van der Waals surface area contributed by atoms with Crippen molar-refractivity contribution in [2.75, 3.05) is 36.0 Å². The Hall–Kier alpha value is -2.48. The summed E-state index contributed by atoms with van der Waals surface area (Å²) in [6.45, 7) is 1.47. The molecule has 28 heavy (non-hydrogen) atoms. The molecular weight excluding hydrogens is 366 g/mol. The number of aromatic nitrogens is 2. The Balaban J connectivity index is 1.55. The highest BCUT2D eigenvalue weighted by Gasteiger charge is 2.30. The van der Waals surface area contributed by atoms with Gasteiger partial charge in [0.05, 0.1) is 13.2 Å². The van der Waals surface area contributed by atoms with E-state index >= 15 is 0 Å². The second-order valence-electron chi connectivity index (χ2n) is 7.30. The van der Waals surface area contributed by atoms with Crippen molar-refractivity contribution in [3.8, 4) is 0 Å².